The third-order valence-electron chi connectivity index (χ3n) is 5.23. The number of aryl methyl sites for hydroxylation is 1. The van der Waals surface area contributed by atoms with Gasteiger partial charge in [-0.25, -0.2) is 4.79 Å². The number of aliphatic hydroxyl groups excluding tert-OH is 1. The molecule has 0 aliphatic rings. The minimum Gasteiger partial charge on any atom is -0.491 e. The summed E-state index contributed by atoms with van der Waals surface area (Å²) in [6.07, 6.45) is 2.57. The van der Waals surface area contributed by atoms with E-state index in [4.69, 9.17) is 20.4 Å². The number of nitrogens with one attached hydrogen (secondary N) is 1. The van der Waals surface area contributed by atoms with Crippen molar-refractivity contribution in [1.29, 1.82) is 0 Å². The van der Waals surface area contributed by atoms with Crippen molar-refractivity contribution in [3.63, 3.8) is 0 Å². The fraction of sp³-hybridized carbons (Fsp3) is 0.360. The molecular weight excluding hydrogens is 422 g/mol. The van der Waals surface area contributed by atoms with Crippen LogP contribution < -0.4 is 15.8 Å². The first-order valence-corrected chi connectivity index (χ1v) is 10.9. The van der Waals surface area contributed by atoms with Gasteiger partial charge in [-0.2, -0.15) is 0 Å². The Morgan fingerprint density at radius 3 is 2.45 bits per heavy atom. The number of allylic oxidation sites excluding steroid dienone is 1. The highest BCUT2D eigenvalue weighted by Crippen LogP contribution is 2.38. The molecule has 2 aromatic carbocycles. The van der Waals surface area contributed by atoms with Gasteiger partial charge in [-0.1, -0.05) is 31.1 Å². The lowest BCUT2D eigenvalue weighted by atomic mass is 9.91. The van der Waals surface area contributed by atoms with Crippen LogP contribution in [0.2, 0.25) is 0 Å². The molecule has 0 aliphatic carbocycles. The summed E-state index contributed by atoms with van der Waals surface area (Å²) in [6, 6.07) is 9.90. The lowest BCUT2D eigenvalue weighted by molar-refractivity contribution is -0.144. The lowest BCUT2D eigenvalue weighted by Crippen LogP contribution is -2.25. The van der Waals surface area contributed by atoms with Crippen molar-refractivity contribution in [2.75, 3.05) is 25.1 Å². The molecule has 8 heteroatoms. The Balaban J connectivity index is 2.62. The molecule has 0 amide bonds. The van der Waals surface area contributed by atoms with Crippen LogP contribution in [0.25, 0.3) is 0 Å². The van der Waals surface area contributed by atoms with Crippen LogP contribution in [0.5, 0.6) is 5.75 Å². The second-order valence-corrected chi connectivity index (χ2v) is 7.45. The number of rotatable bonds is 12. The number of benzene rings is 2. The summed E-state index contributed by atoms with van der Waals surface area (Å²) in [5.41, 5.74) is 9.34. The highest BCUT2D eigenvalue weighted by atomic mass is 16.5. The molecule has 8 nitrogen and oxygen atoms in total. The van der Waals surface area contributed by atoms with E-state index in [0.29, 0.717) is 22.6 Å². The average molecular weight is 456 g/mol. The predicted molar refractivity (Wildman–Crippen MR) is 129 cm³/mol. The molecule has 0 heterocycles. The van der Waals surface area contributed by atoms with Crippen LogP contribution in [0.15, 0.2) is 54.2 Å². The van der Waals surface area contributed by atoms with Crippen LogP contribution in [0.1, 0.15) is 55.0 Å². The fourth-order valence-corrected chi connectivity index (χ4v) is 3.39. The number of carbonyl (C=O) groups is 1. The molecule has 2 aromatic rings. The third kappa shape index (κ3) is 6.49. The molecule has 5 N–H and O–H groups in total. The van der Waals surface area contributed by atoms with Crippen molar-refractivity contribution in [3.05, 3.63) is 71.3 Å². The van der Waals surface area contributed by atoms with Crippen molar-refractivity contribution in [2.24, 2.45) is 10.9 Å². The van der Waals surface area contributed by atoms with E-state index in [-0.39, 0.29) is 31.6 Å². The molecule has 178 valence electrons. The summed E-state index contributed by atoms with van der Waals surface area (Å²) >= 11 is 0. The van der Waals surface area contributed by atoms with E-state index >= 15 is 0 Å². The van der Waals surface area contributed by atoms with Crippen LogP contribution in [0.4, 0.5) is 5.69 Å². The summed E-state index contributed by atoms with van der Waals surface area (Å²) in [6.45, 7) is 9.82. The van der Waals surface area contributed by atoms with Gasteiger partial charge < -0.3 is 30.8 Å². The fourth-order valence-electron chi connectivity index (χ4n) is 3.39. The Labute approximate surface area is 194 Å². The van der Waals surface area contributed by atoms with E-state index in [1.807, 2.05) is 32.1 Å². The molecule has 0 radical (unpaired) electrons. The number of amidine groups is 1. The molecule has 33 heavy (non-hydrogen) atoms. The van der Waals surface area contributed by atoms with E-state index in [9.17, 15) is 9.90 Å². The molecule has 0 aromatic heterocycles. The summed E-state index contributed by atoms with van der Waals surface area (Å²) in [5, 5.41) is 24.5. The second kappa shape index (κ2) is 12.5. The van der Waals surface area contributed by atoms with Gasteiger partial charge in [0.15, 0.2) is 11.9 Å². The first-order valence-electron chi connectivity index (χ1n) is 10.9. The summed E-state index contributed by atoms with van der Waals surface area (Å²) in [4.78, 5) is 13.1. The SMILES string of the molecule is C=CC(C)c1cc(CC)cc(C(Nc2ccc(/C(N)=N/O)cc2)C(=O)OCC)c1OCCO. The number of oxime groups is 1. The monoisotopic (exact) mass is 455 g/mol. The smallest absolute Gasteiger partial charge is 0.333 e. The number of carbonyl (C=O) groups excluding carboxylic acids is 1. The molecule has 0 fully saturated rings. The molecule has 2 unspecified atom stereocenters. The summed E-state index contributed by atoms with van der Waals surface area (Å²) in [7, 11) is 0. The highest BCUT2D eigenvalue weighted by Gasteiger charge is 2.28. The van der Waals surface area contributed by atoms with E-state index < -0.39 is 12.0 Å². The first kappa shape index (κ1) is 25.7. The second-order valence-electron chi connectivity index (χ2n) is 7.45. The minimum absolute atomic E-state index is 0.0121. The highest BCUT2D eigenvalue weighted by molar-refractivity contribution is 5.97. The van der Waals surface area contributed by atoms with Crippen molar-refractivity contribution in [3.8, 4) is 5.75 Å². The number of nitrogens with two attached hydrogens (primary N) is 1. The normalized spacial score (nSPS) is 13.2. The standard InChI is InChI=1S/C25H33N3O5/c1-5-16(4)20-14-17(6-2)15-21(23(20)33-13-12-29)22(25(30)32-7-3)27-19-10-8-18(9-11-19)24(26)28-31/h5,8-11,14-16,22,27,29,31H,1,6-7,12-13H2,2-4H3,(H2,26,28). The van der Waals surface area contributed by atoms with Gasteiger partial charge in [-0.15, -0.1) is 6.58 Å². The van der Waals surface area contributed by atoms with Gasteiger partial charge in [0, 0.05) is 28.3 Å². The predicted octanol–water partition coefficient (Wildman–Crippen LogP) is 3.72. The molecule has 0 bridgehead atoms. The van der Waals surface area contributed by atoms with E-state index in [1.165, 1.54) is 0 Å². The Hall–Kier alpha value is -3.52. The van der Waals surface area contributed by atoms with Crippen LogP contribution in [-0.4, -0.2) is 41.9 Å². The average Bonchev–Trinajstić information content (AvgIpc) is 2.85. The van der Waals surface area contributed by atoms with Gasteiger partial charge in [0.2, 0.25) is 0 Å². The number of aliphatic hydroxyl groups is 1. The van der Waals surface area contributed by atoms with E-state index in [2.05, 4.69) is 17.1 Å². The number of esters is 1. The Morgan fingerprint density at radius 1 is 1.24 bits per heavy atom. The van der Waals surface area contributed by atoms with Gasteiger partial charge in [0.1, 0.15) is 12.4 Å². The Bertz CT molecular complexity index is 973. The van der Waals surface area contributed by atoms with E-state index in [0.717, 1.165) is 17.5 Å². The maximum atomic E-state index is 13.1. The largest absolute Gasteiger partial charge is 0.491 e. The Morgan fingerprint density at radius 2 is 1.91 bits per heavy atom. The van der Waals surface area contributed by atoms with Crippen molar-refractivity contribution < 1.29 is 24.6 Å². The maximum Gasteiger partial charge on any atom is 0.333 e. The molecule has 2 rings (SSSR count). The van der Waals surface area contributed by atoms with Gasteiger partial charge in [0.25, 0.3) is 0 Å². The summed E-state index contributed by atoms with van der Waals surface area (Å²) in [5.74, 6) is 0.0125. The molecule has 0 saturated carbocycles. The lowest BCUT2D eigenvalue weighted by Gasteiger charge is -2.25. The number of hydrogen-bond donors (Lipinski definition) is 4. The van der Waals surface area contributed by atoms with Gasteiger partial charge in [-0.3, -0.25) is 0 Å². The van der Waals surface area contributed by atoms with Crippen molar-refractivity contribution >= 4 is 17.5 Å². The first-order chi connectivity index (χ1) is 15.9. The quantitative estimate of drug-likeness (QED) is 0.0959. The summed E-state index contributed by atoms with van der Waals surface area (Å²) < 4.78 is 11.3. The molecule has 0 aliphatic heterocycles. The van der Waals surface area contributed by atoms with Gasteiger partial charge in [0.05, 0.1) is 13.2 Å². The molecule has 0 spiro atoms. The molecular formula is C25H33N3O5. The number of nitrogens with zero attached hydrogens (tertiary/aromatic N) is 1. The van der Waals surface area contributed by atoms with Crippen molar-refractivity contribution in [2.45, 2.75) is 39.2 Å². The Kier molecular flexibility index (Phi) is 9.75. The van der Waals surface area contributed by atoms with Crippen molar-refractivity contribution in [1.82, 2.24) is 0 Å². The third-order valence-corrected chi connectivity index (χ3v) is 5.23. The zero-order valence-electron chi connectivity index (χ0n) is 19.4. The van der Waals surface area contributed by atoms with Crippen LogP contribution >= 0.6 is 0 Å². The maximum absolute atomic E-state index is 13.1. The molecule has 0 saturated heterocycles. The minimum atomic E-state index is -0.865. The molecule has 2 atom stereocenters. The zero-order chi connectivity index (χ0) is 24.4. The zero-order valence-corrected chi connectivity index (χ0v) is 19.4. The number of ether oxygens (including phenoxy) is 2. The van der Waals surface area contributed by atoms with Crippen LogP contribution in [0.3, 0.4) is 0 Å². The topological polar surface area (TPSA) is 126 Å². The van der Waals surface area contributed by atoms with Crippen LogP contribution in [0, 0.1) is 0 Å². The van der Waals surface area contributed by atoms with Gasteiger partial charge in [-0.05, 0) is 49.2 Å². The van der Waals surface area contributed by atoms with E-state index in [1.54, 1.807) is 31.2 Å². The number of anilines is 1. The van der Waals surface area contributed by atoms with Crippen LogP contribution in [-0.2, 0) is 16.0 Å². The number of hydrogen-bond acceptors (Lipinski definition) is 7. The van der Waals surface area contributed by atoms with Gasteiger partial charge >= 0.3 is 5.97 Å².